The third kappa shape index (κ3) is 6.98. The van der Waals surface area contributed by atoms with Crippen molar-refractivity contribution in [2.75, 3.05) is 24.6 Å². The zero-order chi connectivity index (χ0) is 10.8. The van der Waals surface area contributed by atoms with Crippen LogP contribution in [0.2, 0.25) is 0 Å². The standard InChI is InChI=1S/C12H21NS2/c1-2-3-9-14-11-8-13-7-6-12-5-4-10-15-12/h4-5,10,13H,2-3,6-9,11H2,1H3. The van der Waals surface area contributed by atoms with Crippen molar-refractivity contribution in [3.63, 3.8) is 0 Å². The predicted octanol–water partition coefficient (Wildman–Crippen LogP) is 3.41. The summed E-state index contributed by atoms with van der Waals surface area (Å²) in [6.07, 6.45) is 3.86. The second-order valence-corrected chi connectivity index (χ2v) is 5.80. The highest BCUT2D eigenvalue weighted by molar-refractivity contribution is 7.99. The van der Waals surface area contributed by atoms with E-state index < -0.39 is 0 Å². The topological polar surface area (TPSA) is 12.0 Å². The van der Waals surface area contributed by atoms with Gasteiger partial charge in [-0.2, -0.15) is 11.8 Å². The fourth-order valence-corrected chi connectivity index (χ4v) is 2.98. The molecule has 0 fully saturated rings. The summed E-state index contributed by atoms with van der Waals surface area (Å²) in [6.45, 7) is 4.52. The summed E-state index contributed by atoms with van der Waals surface area (Å²) in [7, 11) is 0. The molecule has 0 aliphatic rings. The first-order valence-electron chi connectivity index (χ1n) is 5.74. The van der Waals surface area contributed by atoms with Crippen LogP contribution in [0.1, 0.15) is 24.6 Å². The molecule has 0 saturated carbocycles. The lowest BCUT2D eigenvalue weighted by Gasteiger charge is -2.03. The molecule has 1 heterocycles. The largest absolute Gasteiger partial charge is 0.316 e. The number of hydrogen-bond donors (Lipinski definition) is 1. The van der Waals surface area contributed by atoms with Gasteiger partial charge >= 0.3 is 0 Å². The van der Waals surface area contributed by atoms with Gasteiger partial charge in [0.05, 0.1) is 0 Å². The van der Waals surface area contributed by atoms with Crippen molar-refractivity contribution in [3.8, 4) is 0 Å². The Morgan fingerprint density at radius 2 is 2.27 bits per heavy atom. The second-order valence-electron chi connectivity index (χ2n) is 3.55. The Labute approximate surface area is 102 Å². The summed E-state index contributed by atoms with van der Waals surface area (Å²) in [4.78, 5) is 1.49. The van der Waals surface area contributed by atoms with Crippen molar-refractivity contribution in [2.45, 2.75) is 26.2 Å². The van der Waals surface area contributed by atoms with E-state index >= 15 is 0 Å². The van der Waals surface area contributed by atoms with Crippen LogP contribution < -0.4 is 5.32 Å². The highest BCUT2D eigenvalue weighted by atomic mass is 32.2. The van der Waals surface area contributed by atoms with Crippen LogP contribution in [0.15, 0.2) is 17.5 Å². The smallest absolute Gasteiger partial charge is 0.00581 e. The third-order valence-corrected chi connectivity index (χ3v) is 4.20. The molecule has 3 heteroatoms. The van der Waals surface area contributed by atoms with E-state index in [-0.39, 0.29) is 0 Å². The molecule has 0 radical (unpaired) electrons. The van der Waals surface area contributed by atoms with E-state index in [9.17, 15) is 0 Å². The van der Waals surface area contributed by atoms with Gasteiger partial charge in [-0.25, -0.2) is 0 Å². The lowest BCUT2D eigenvalue weighted by molar-refractivity contribution is 0.725. The molecule has 1 nitrogen and oxygen atoms in total. The number of thiophene rings is 1. The van der Waals surface area contributed by atoms with Crippen LogP contribution in [0.3, 0.4) is 0 Å². The van der Waals surface area contributed by atoms with E-state index in [0.717, 1.165) is 13.1 Å². The molecule has 1 rings (SSSR count). The Balaban J connectivity index is 1.81. The van der Waals surface area contributed by atoms with Gasteiger partial charge in [-0.1, -0.05) is 19.4 Å². The van der Waals surface area contributed by atoms with Crippen LogP contribution in [-0.4, -0.2) is 24.6 Å². The molecule has 0 saturated heterocycles. The van der Waals surface area contributed by atoms with Gasteiger partial charge in [0.15, 0.2) is 0 Å². The SMILES string of the molecule is CCCCSCCNCCc1cccs1. The summed E-state index contributed by atoms with van der Waals surface area (Å²) in [5.41, 5.74) is 0. The first-order chi connectivity index (χ1) is 7.43. The lowest BCUT2D eigenvalue weighted by atomic mass is 10.3. The van der Waals surface area contributed by atoms with Crippen molar-refractivity contribution < 1.29 is 0 Å². The molecule has 0 spiro atoms. The van der Waals surface area contributed by atoms with Crippen molar-refractivity contribution in [2.24, 2.45) is 0 Å². The van der Waals surface area contributed by atoms with Crippen LogP contribution in [0, 0.1) is 0 Å². The van der Waals surface area contributed by atoms with Gasteiger partial charge in [-0.3, -0.25) is 0 Å². The van der Waals surface area contributed by atoms with Gasteiger partial charge in [0.25, 0.3) is 0 Å². The number of unbranched alkanes of at least 4 members (excludes halogenated alkanes) is 1. The number of rotatable bonds is 9. The molecule has 0 unspecified atom stereocenters. The van der Waals surface area contributed by atoms with Crippen molar-refractivity contribution in [3.05, 3.63) is 22.4 Å². The van der Waals surface area contributed by atoms with Gasteiger partial charge in [-0.05, 0) is 36.6 Å². The van der Waals surface area contributed by atoms with Crippen LogP contribution in [0.5, 0.6) is 0 Å². The maximum atomic E-state index is 3.49. The summed E-state index contributed by atoms with van der Waals surface area (Å²) in [5.74, 6) is 2.58. The first kappa shape index (κ1) is 13.1. The third-order valence-electron chi connectivity index (χ3n) is 2.19. The Morgan fingerprint density at radius 3 is 3.00 bits per heavy atom. The van der Waals surface area contributed by atoms with Crippen molar-refractivity contribution in [1.29, 1.82) is 0 Å². The quantitative estimate of drug-likeness (QED) is 0.667. The summed E-state index contributed by atoms with van der Waals surface area (Å²) in [5, 5.41) is 5.64. The number of nitrogens with one attached hydrogen (secondary N) is 1. The van der Waals surface area contributed by atoms with E-state index in [4.69, 9.17) is 0 Å². The fraction of sp³-hybridized carbons (Fsp3) is 0.667. The molecular weight excluding hydrogens is 222 g/mol. The minimum Gasteiger partial charge on any atom is -0.316 e. The molecule has 1 aromatic heterocycles. The van der Waals surface area contributed by atoms with Crippen LogP contribution in [-0.2, 0) is 6.42 Å². The second kappa shape index (κ2) is 9.25. The zero-order valence-corrected chi connectivity index (χ0v) is 11.1. The van der Waals surface area contributed by atoms with E-state index in [0.29, 0.717) is 0 Å². The molecular formula is C12H21NS2. The van der Waals surface area contributed by atoms with E-state index in [1.165, 1.54) is 35.6 Å². The zero-order valence-electron chi connectivity index (χ0n) is 9.50. The Kier molecular flexibility index (Phi) is 8.07. The summed E-state index contributed by atoms with van der Waals surface area (Å²) < 4.78 is 0. The Hall–Kier alpha value is 0.01000. The summed E-state index contributed by atoms with van der Waals surface area (Å²) in [6, 6.07) is 4.34. The number of hydrogen-bond acceptors (Lipinski definition) is 3. The molecule has 0 aliphatic carbocycles. The molecule has 0 aromatic carbocycles. The molecule has 86 valence electrons. The minimum absolute atomic E-state index is 1.12. The maximum absolute atomic E-state index is 3.49. The van der Waals surface area contributed by atoms with Crippen LogP contribution in [0.25, 0.3) is 0 Å². The van der Waals surface area contributed by atoms with E-state index in [1.807, 2.05) is 11.3 Å². The molecule has 1 aromatic rings. The van der Waals surface area contributed by atoms with E-state index in [2.05, 4.69) is 41.5 Å². The molecule has 15 heavy (non-hydrogen) atoms. The number of thioether (sulfide) groups is 1. The lowest BCUT2D eigenvalue weighted by Crippen LogP contribution is -2.19. The predicted molar refractivity (Wildman–Crippen MR) is 73.1 cm³/mol. The van der Waals surface area contributed by atoms with Gasteiger partial charge in [0, 0.05) is 17.2 Å². The fourth-order valence-electron chi connectivity index (χ4n) is 1.28. The average molecular weight is 243 g/mol. The summed E-state index contributed by atoms with van der Waals surface area (Å²) >= 11 is 3.92. The van der Waals surface area contributed by atoms with Gasteiger partial charge < -0.3 is 5.32 Å². The van der Waals surface area contributed by atoms with Crippen LogP contribution >= 0.6 is 23.1 Å². The first-order valence-corrected chi connectivity index (χ1v) is 7.77. The molecule has 0 aliphatic heterocycles. The van der Waals surface area contributed by atoms with Crippen LogP contribution in [0.4, 0.5) is 0 Å². The minimum atomic E-state index is 1.12. The molecule has 0 atom stereocenters. The van der Waals surface area contributed by atoms with Gasteiger partial charge in [0.1, 0.15) is 0 Å². The Morgan fingerprint density at radius 1 is 1.33 bits per heavy atom. The normalized spacial score (nSPS) is 10.7. The molecule has 1 N–H and O–H groups in total. The Bertz CT molecular complexity index is 222. The molecule has 0 amide bonds. The monoisotopic (exact) mass is 243 g/mol. The molecule has 0 bridgehead atoms. The van der Waals surface area contributed by atoms with Gasteiger partial charge in [-0.15, -0.1) is 11.3 Å². The van der Waals surface area contributed by atoms with Gasteiger partial charge in [0.2, 0.25) is 0 Å². The van der Waals surface area contributed by atoms with Crippen molar-refractivity contribution >= 4 is 23.1 Å². The highest BCUT2D eigenvalue weighted by Gasteiger charge is 1.93. The van der Waals surface area contributed by atoms with E-state index in [1.54, 1.807) is 0 Å². The maximum Gasteiger partial charge on any atom is 0.00581 e. The highest BCUT2D eigenvalue weighted by Crippen LogP contribution is 2.08. The van der Waals surface area contributed by atoms with Crippen molar-refractivity contribution in [1.82, 2.24) is 5.32 Å². The average Bonchev–Trinajstić information content (AvgIpc) is 2.75.